The van der Waals surface area contributed by atoms with Gasteiger partial charge in [-0.05, 0) is 61.7 Å². The number of nitrogens with one attached hydrogen (secondary N) is 1. The first-order chi connectivity index (χ1) is 20.7. The number of carbonyl (C=O) groups is 2. The Bertz CT molecular complexity index is 1930. The molecule has 43 heavy (non-hydrogen) atoms. The molecule has 6 aromatic rings. The lowest BCUT2D eigenvalue weighted by Gasteiger charge is -2.14. The van der Waals surface area contributed by atoms with Crippen LogP contribution in [0.15, 0.2) is 97.1 Å². The van der Waals surface area contributed by atoms with Crippen molar-refractivity contribution in [3.63, 3.8) is 0 Å². The van der Waals surface area contributed by atoms with Gasteiger partial charge in [0.2, 0.25) is 5.88 Å². The molecule has 2 heterocycles. The molecule has 6 nitrogen and oxygen atoms in total. The highest BCUT2D eigenvalue weighted by molar-refractivity contribution is 7.21. The zero-order valence-corrected chi connectivity index (χ0v) is 25.2. The van der Waals surface area contributed by atoms with E-state index in [1.54, 1.807) is 28.8 Å². The number of aromatic hydroxyl groups is 1. The van der Waals surface area contributed by atoms with Gasteiger partial charge in [-0.3, -0.25) is 14.2 Å². The molecule has 7 heteroatoms. The molecule has 0 spiro atoms. The minimum absolute atomic E-state index is 0.0788. The number of para-hydroxylation sites is 1. The SMILES string of the molecule is Cc1ccc(C(=O)Nc2c(-c3nc4ccccc4s3)c(C(=O)c3ccc(C)cc3)c(O)n2-c2ccc(C(C)C)cc2)cc1. The molecule has 6 rings (SSSR count). The van der Waals surface area contributed by atoms with Crippen molar-refractivity contribution < 1.29 is 14.7 Å². The summed E-state index contributed by atoms with van der Waals surface area (Å²) in [6, 6.07) is 29.9. The number of carbonyl (C=O) groups excluding carboxylic acids is 2. The van der Waals surface area contributed by atoms with Crippen LogP contribution in [0.25, 0.3) is 26.5 Å². The summed E-state index contributed by atoms with van der Waals surface area (Å²) in [6.07, 6.45) is 0. The van der Waals surface area contributed by atoms with Gasteiger partial charge in [0.1, 0.15) is 10.8 Å². The van der Waals surface area contributed by atoms with Crippen LogP contribution < -0.4 is 5.32 Å². The van der Waals surface area contributed by atoms with Crippen molar-refractivity contribution in [1.29, 1.82) is 0 Å². The summed E-state index contributed by atoms with van der Waals surface area (Å²) in [7, 11) is 0. The van der Waals surface area contributed by atoms with E-state index in [9.17, 15) is 14.7 Å². The maximum absolute atomic E-state index is 14.2. The molecule has 4 aromatic carbocycles. The maximum Gasteiger partial charge on any atom is 0.256 e. The van der Waals surface area contributed by atoms with Crippen molar-refractivity contribution >= 4 is 39.1 Å². The first kappa shape index (κ1) is 28.1. The van der Waals surface area contributed by atoms with Crippen LogP contribution in [0.5, 0.6) is 5.88 Å². The second-order valence-electron chi connectivity index (χ2n) is 11.0. The summed E-state index contributed by atoms with van der Waals surface area (Å²) in [5.74, 6) is -0.416. The van der Waals surface area contributed by atoms with Crippen LogP contribution in [-0.4, -0.2) is 26.3 Å². The van der Waals surface area contributed by atoms with E-state index in [0.717, 1.165) is 26.9 Å². The number of nitrogens with zero attached hydrogens (tertiary/aromatic N) is 2. The van der Waals surface area contributed by atoms with Crippen molar-refractivity contribution in [2.24, 2.45) is 0 Å². The van der Waals surface area contributed by atoms with E-state index in [0.29, 0.717) is 33.3 Å². The van der Waals surface area contributed by atoms with Gasteiger partial charge in [0.25, 0.3) is 5.91 Å². The maximum atomic E-state index is 14.2. The number of aromatic nitrogens is 2. The van der Waals surface area contributed by atoms with Crippen molar-refractivity contribution in [3.8, 4) is 22.1 Å². The zero-order chi connectivity index (χ0) is 30.2. The van der Waals surface area contributed by atoms with Gasteiger partial charge in [-0.25, -0.2) is 4.98 Å². The number of ketones is 1. The van der Waals surface area contributed by atoms with Crippen LogP contribution in [0.4, 0.5) is 5.82 Å². The second kappa shape index (κ2) is 11.3. The predicted octanol–water partition coefficient (Wildman–Crippen LogP) is 8.68. The molecule has 0 unspecified atom stereocenters. The topological polar surface area (TPSA) is 84.2 Å². The number of thiazole rings is 1. The summed E-state index contributed by atoms with van der Waals surface area (Å²) in [6.45, 7) is 8.13. The van der Waals surface area contributed by atoms with Crippen LogP contribution in [0.2, 0.25) is 0 Å². The molecule has 2 aromatic heterocycles. The third-order valence-corrected chi connectivity index (χ3v) is 8.61. The number of benzene rings is 4. The van der Waals surface area contributed by atoms with Gasteiger partial charge in [0, 0.05) is 11.1 Å². The molecule has 0 aliphatic carbocycles. The molecule has 0 atom stereocenters. The molecule has 0 saturated heterocycles. The summed E-state index contributed by atoms with van der Waals surface area (Å²) in [5, 5.41) is 15.5. The van der Waals surface area contributed by atoms with Crippen LogP contribution in [0.3, 0.4) is 0 Å². The fraction of sp³-hybridized carbons (Fsp3) is 0.139. The van der Waals surface area contributed by atoms with Crippen molar-refractivity contribution in [2.75, 3.05) is 5.32 Å². The minimum Gasteiger partial charge on any atom is -0.494 e. The standard InChI is InChI=1S/C36H31N3O3S/c1-21(2)24-17-19-27(20-18-24)39-33(38-34(41)26-15-11-23(4)12-16-26)31(35-37-28-7-5-6-8-29(28)43-35)30(36(39)42)32(40)25-13-9-22(3)10-14-25/h5-21,42H,1-4H3,(H,38,41). The van der Waals surface area contributed by atoms with Crippen LogP contribution in [-0.2, 0) is 0 Å². The van der Waals surface area contributed by atoms with Gasteiger partial charge in [-0.15, -0.1) is 11.3 Å². The Balaban J connectivity index is 1.63. The average molecular weight is 586 g/mol. The van der Waals surface area contributed by atoms with Crippen molar-refractivity contribution in [2.45, 2.75) is 33.6 Å². The molecule has 1 amide bonds. The van der Waals surface area contributed by atoms with E-state index in [1.165, 1.54) is 11.3 Å². The van der Waals surface area contributed by atoms with Crippen LogP contribution in [0.1, 0.15) is 62.7 Å². The fourth-order valence-corrected chi connectivity index (χ4v) is 6.09. The Kier molecular flexibility index (Phi) is 7.42. The molecule has 0 fully saturated rings. The van der Waals surface area contributed by atoms with E-state index < -0.39 is 0 Å². The predicted molar refractivity (Wildman–Crippen MR) is 174 cm³/mol. The highest BCUT2D eigenvalue weighted by Crippen LogP contribution is 2.46. The summed E-state index contributed by atoms with van der Waals surface area (Å²) in [4.78, 5) is 32.8. The van der Waals surface area contributed by atoms with Gasteiger partial charge in [-0.1, -0.05) is 85.6 Å². The van der Waals surface area contributed by atoms with Gasteiger partial charge in [0.05, 0.1) is 27.0 Å². The summed E-state index contributed by atoms with van der Waals surface area (Å²) in [5.41, 5.74) is 5.87. The van der Waals surface area contributed by atoms with Crippen LogP contribution >= 0.6 is 11.3 Å². The second-order valence-corrected chi connectivity index (χ2v) is 12.0. The lowest BCUT2D eigenvalue weighted by Crippen LogP contribution is -2.15. The summed E-state index contributed by atoms with van der Waals surface area (Å²) < 4.78 is 2.47. The minimum atomic E-state index is -0.366. The van der Waals surface area contributed by atoms with Gasteiger partial charge >= 0.3 is 0 Å². The quantitative estimate of drug-likeness (QED) is 0.184. The number of amides is 1. The smallest absolute Gasteiger partial charge is 0.256 e. The average Bonchev–Trinajstić information content (AvgIpc) is 3.55. The number of hydrogen-bond donors (Lipinski definition) is 2. The first-order valence-electron chi connectivity index (χ1n) is 14.1. The lowest BCUT2D eigenvalue weighted by atomic mass is 10.0. The van der Waals surface area contributed by atoms with Crippen LogP contribution in [0, 0.1) is 13.8 Å². The Hall–Kier alpha value is -5.01. The van der Waals surface area contributed by atoms with E-state index in [2.05, 4.69) is 19.2 Å². The highest BCUT2D eigenvalue weighted by atomic mass is 32.1. The monoisotopic (exact) mass is 585 g/mol. The Morgan fingerprint density at radius 3 is 2.02 bits per heavy atom. The Labute approximate surface area is 254 Å². The third-order valence-electron chi connectivity index (χ3n) is 7.56. The molecule has 0 saturated carbocycles. The molecular formula is C36H31N3O3S. The third kappa shape index (κ3) is 5.35. The highest BCUT2D eigenvalue weighted by Gasteiger charge is 2.32. The van der Waals surface area contributed by atoms with Gasteiger partial charge in [0.15, 0.2) is 5.78 Å². The molecular weight excluding hydrogens is 554 g/mol. The van der Waals surface area contributed by atoms with Crippen molar-refractivity contribution in [3.05, 3.63) is 130 Å². The van der Waals surface area contributed by atoms with Gasteiger partial charge < -0.3 is 10.4 Å². The fourth-order valence-electron chi connectivity index (χ4n) is 5.07. The van der Waals surface area contributed by atoms with Gasteiger partial charge in [-0.2, -0.15) is 0 Å². The largest absolute Gasteiger partial charge is 0.494 e. The molecule has 0 aliphatic rings. The van der Waals surface area contributed by atoms with E-state index in [1.807, 2.05) is 86.6 Å². The van der Waals surface area contributed by atoms with E-state index >= 15 is 0 Å². The molecule has 0 aliphatic heterocycles. The number of anilines is 1. The Morgan fingerprint density at radius 1 is 0.814 bits per heavy atom. The molecule has 214 valence electrons. The first-order valence-corrected chi connectivity index (χ1v) is 15.0. The normalized spacial score (nSPS) is 11.3. The number of aryl methyl sites for hydroxylation is 2. The summed E-state index contributed by atoms with van der Waals surface area (Å²) >= 11 is 1.40. The molecule has 0 radical (unpaired) electrons. The van der Waals surface area contributed by atoms with Crippen molar-refractivity contribution in [1.82, 2.24) is 9.55 Å². The number of fused-ring (bicyclic) bond motifs is 1. The lowest BCUT2D eigenvalue weighted by molar-refractivity contribution is 0.102. The Morgan fingerprint density at radius 2 is 1.42 bits per heavy atom. The zero-order valence-electron chi connectivity index (χ0n) is 24.4. The van der Waals surface area contributed by atoms with E-state index in [4.69, 9.17) is 4.98 Å². The molecule has 0 bridgehead atoms. The van der Waals surface area contributed by atoms with E-state index in [-0.39, 0.29) is 29.0 Å². The molecule has 2 N–H and O–H groups in total. The number of hydrogen-bond acceptors (Lipinski definition) is 5. The number of rotatable bonds is 7.